The van der Waals surface area contributed by atoms with Crippen molar-refractivity contribution in [2.24, 2.45) is 5.92 Å². The predicted octanol–water partition coefficient (Wildman–Crippen LogP) is 4.16. The van der Waals surface area contributed by atoms with Gasteiger partial charge in [0.15, 0.2) is 0 Å². The van der Waals surface area contributed by atoms with E-state index in [9.17, 15) is 5.26 Å². The summed E-state index contributed by atoms with van der Waals surface area (Å²) in [5.74, 6) is 0.432. The number of fused-ring (bicyclic) bond motifs is 5. The summed E-state index contributed by atoms with van der Waals surface area (Å²) in [5, 5.41) is 11.7. The average Bonchev–Trinajstić information content (AvgIpc) is 2.92. The molecular formula is C21H25N3. The fraction of sp³-hybridized carbons (Fsp3) is 0.476. The second-order valence-corrected chi connectivity index (χ2v) is 7.52. The number of H-pyrrole nitrogens is 1. The van der Waals surface area contributed by atoms with E-state index in [1.54, 1.807) is 0 Å². The molecule has 0 radical (unpaired) electrons. The van der Waals surface area contributed by atoms with Crippen LogP contribution in [0.2, 0.25) is 0 Å². The number of nitrogens with zero attached hydrogens (tertiary/aromatic N) is 2. The van der Waals surface area contributed by atoms with E-state index in [2.05, 4.69) is 67.2 Å². The van der Waals surface area contributed by atoms with Crippen LogP contribution >= 0.6 is 0 Å². The molecule has 2 aromatic rings. The van der Waals surface area contributed by atoms with Gasteiger partial charge in [-0.05, 0) is 43.9 Å². The van der Waals surface area contributed by atoms with Crippen molar-refractivity contribution in [1.82, 2.24) is 9.88 Å². The second-order valence-electron chi connectivity index (χ2n) is 7.52. The smallest absolute Gasteiger partial charge is 0.117 e. The van der Waals surface area contributed by atoms with Crippen molar-refractivity contribution < 1.29 is 0 Å². The van der Waals surface area contributed by atoms with Crippen LogP contribution in [0.3, 0.4) is 0 Å². The molecule has 0 fully saturated rings. The predicted molar refractivity (Wildman–Crippen MR) is 97.9 cm³/mol. The Kier molecular flexibility index (Phi) is 3.54. The van der Waals surface area contributed by atoms with Gasteiger partial charge in [-0.1, -0.05) is 43.7 Å². The Hall–Kier alpha value is -2.05. The van der Waals surface area contributed by atoms with Crippen LogP contribution in [-0.2, 0) is 11.8 Å². The molecule has 3 nitrogen and oxygen atoms in total. The van der Waals surface area contributed by atoms with Gasteiger partial charge in [0, 0.05) is 23.1 Å². The maximum absolute atomic E-state index is 10.4. The number of nitrogens with one attached hydrogen (secondary N) is 1. The van der Waals surface area contributed by atoms with Crippen LogP contribution in [0.25, 0.3) is 10.9 Å². The number of hydrogen-bond donors (Lipinski definition) is 1. The number of hydrogen-bond acceptors (Lipinski definition) is 2. The molecule has 0 saturated heterocycles. The largest absolute Gasteiger partial charge is 0.357 e. The van der Waals surface area contributed by atoms with Gasteiger partial charge in [0.2, 0.25) is 0 Å². The van der Waals surface area contributed by atoms with Crippen LogP contribution in [-0.4, -0.2) is 29.5 Å². The minimum atomic E-state index is -0.473. The zero-order valence-electron chi connectivity index (χ0n) is 14.8. The van der Waals surface area contributed by atoms with Crippen LogP contribution in [0.15, 0.2) is 35.9 Å². The molecule has 3 unspecified atom stereocenters. The summed E-state index contributed by atoms with van der Waals surface area (Å²) in [6, 6.07) is 11.5. The zero-order chi connectivity index (χ0) is 16.9. The van der Waals surface area contributed by atoms with Crippen molar-refractivity contribution in [3.8, 4) is 6.07 Å². The highest BCUT2D eigenvalue weighted by molar-refractivity contribution is 5.85. The maximum Gasteiger partial charge on any atom is 0.117 e. The van der Waals surface area contributed by atoms with Crippen molar-refractivity contribution in [3.63, 3.8) is 0 Å². The summed E-state index contributed by atoms with van der Waals surface area (Å²) in [4.78, 5) is 6.07. The molecule has 3 atom stereocenters. The van der Waals surface area contributed by atoms with E-state index in [-0.39, 0.29) is 6.04 Å². The molecule has 1 aromatic heterocycles. The molecular weight excluding hydrogens is 294 g/mol. The van der Waals surface area contributed by atoms with Crippen molar-refractivity contribution in [3.05, 3.63) is 47.2 Å². The van der Waals surface area contributed by atoms with Gasteiger partial charge in [0.1, 0.15) is 5.41 Å². The van der Waals surface area contributed by atoms with Gasteiger partial charge >= 0.3 is 0 Å². The highest BCUT2D eigenvalue weighted by Crippen LogP contribution is 2.48. The van der Waals surface area contributed by atoms with Gasteiger partial charge in [0.05, 0.1) is 12.1 Å². The first-order valence-corrected chi connectivity index (χ1v) is 9.03. The van der Waals surface area contributed by atoms with E-state index in [1.165, 1.54) is 27.7 Å². The number of nitriles is 1. The molecule has 4 rings (SSSR count). The monoisotopic (exact) mass is 319 g/mol. The summed E-state index contributed by atoms with van der Waals surface area (Å²) in [6.45, 7) is 5.46. The van der Waals surface area contributed by atoms with Crippen molar-refractivity contribution in [2.75, 3.05) is 13.6 Å². The molecule has 1 aliphatic carbocycles. The number of allylic oxidation sites excluding steroid dienone is 1. The summed E-state index contributed by atoms with van der Waals surface area (Å²) in [6.07, 6.45) is 5.31. The highest BCUT2D eigenvalue weighted by atomic mass is 15.2. The van der Waals surface area contributed by atoms with Crippen LogP contribution in [0, 0.1) is 17.2 Å². The van der Waals surface area contributed by atoms with Crippen molar-refractivity contribution in [1.29, 1.82) is 5.26 Å². The molecule has 3 heteroatoms. The van der Waals surface area contributed by atoms with E-state index >= 15 is 0 Å². The first-order valence-electron chi connectivity index (χ1n) is 9.03. The topological polar surface area (TPSA) is 42.8 Å². The molecule has 2 heterocycles. The Bertz CT molecular complexity index is 854. The lowest BCUT2D eigenvalue weighted by atomic mass is 9.64. The average molecular weight is 319 g/mol. The minimum absolute atomic E-state index is 0.179. The number of likely N-dealkylation sites (N-methyl/N-ethyl adjacent to an activating group) is 1. The van der Waals surface area contributed by atoms with E-state index in [1.807, 2.05) is 0 Å². The normalized spacial score (nSPS) is 30.2. The Morgan fingerprint density at radius 3 is 2.92 bits per heavy atom. The van der Waals surface area contributed by atoms with E-state index in [0.29, 0.717) is 5.92 Å². The maximum atomic E-state index is 10.4. The summed E-state index contributed by atoms with van der Waals surface area (Å²) in [5.41, 5.74) is 4.64. The number of para-hydroxylation sites is 1. The molecule has 1 aliphatic heterocycles. The molecule has 1 aromatic carbocycles. The van der Waals surface area contributed by atoms with Gasteiger partial charge in [-0.15, -0.1) is 0 Å². The lowest BCUT2D eigenvalue weighted by Gasteiger charge is -2.44. The standard InChI is InChI=1S/C21H25N3/c1-4-15-11-14(2)12-21(13-22)19-17(9-10-24(3)20(15)21)16-7-5-6-8-18(16)23-19/h5-8,11,14,20,23H,4,9-10,12H2,1-3H3. The fourth-order valence-corrected chi connectivity index (χ4v) is 5.08. The third kappa shape index (κ3) is 1.99. The molecule has 1 N–H and O–H groups in total. The summed E-state index contributed by atoms with van der Waals surface area (Å²) in [7, 11) is 2.18. The number of aromatic amines is 1. The van der Waals surface area contributed by atoms with Crippen molar-refractivity contribution >= 4 is 10.9 Å². The molecule has 0 bridgehead atoms. The van der Waals surface area contributed by atoms with Crippen LogP contribution in [0.5, 0.6) is 0 Å². The van der Waals surface area contributed by atoms with Gasteiger partial charge in [-0.25, -0.2) is 0 Å². The van der Waals surface area contributed by atoms with Gasteiger partial charge in [-0.2, -0.15) is 5.26 Å². The third-order valence-corrected chi connectivity index (χ3v) is 5.98. The quantitative estimate of drug-likeness (QED) is 0.802. The molecule has 124 valence electrons. The van der Waals surface area contributed by atoms with Crippen LogP contribution < -0.4 is 0 Å². The van der Waals surface area contributed by atoms with Crippen LogP contribution in [0.1, 0.15) is 37.9 Å². The summed E-state index contributed by atoms with van der Waals surface area (Å²) >= 11 is 0. The number of rotatable bonds is 1. The van der Waals surface area contributed by atoms with Crippen molar-refractivity contribution in [2.45, 2.75) is 44.6 Å². The van der Waals surface area contributed by atoms with Crippen LogP contribution in [0.4, 0.5) is 0 Å². The lowest BCUT2D eigenvalue weighted by molar-refractivity contribution is 0.184. The molecule has 0 spiro atoms. The third-order valence-electron chi connectivity index (χ3n) is 5.98. The first kappa shape index (κ1) is 15.5. The minimum Gasteiger partial charge on any atom is -0.357 e. The van der Waals surface area contributed by atoms with E-state index < -0.39 is 5.41 Å². The summed E-state index contributed by atoms with van der Waals surface area (Å²) < 4.78 is 0. The van der Waals surface area contributed by atoms with Gasteiger partial charge < -0.3 is 4.98 Å². The molecule has 0 amide bonds. The van der Waals surface area contributed by atoms with E-state index in [0.717, 1.165) is 25.8 Å². The zero-order valence-corrected chi connectivity index (χ0v) is 14.8. The number of benzene rings is 1. The number of aromatic nitrogens is 1. The Morgan fingerprint density at radius 2 is 2.17 bits per heavy atom. The Labute approximate surface area is 144 Å². The van der Waals surface area contributed by atoms with Gasteiger partial charge in [-0.3, -0.25) is 4.90 Å². The Morgan fingerprint density at radius 1 is 1.38 bits per heavy atom. The molecule has 0 saturated carbocycles. The first-order chi connectivity index (χ1) is 11.6. The highest BCUT2D eigenvalue weighted by Gasteiger charge is 2.51. The van der Waals surface area contributed by atoms with E-state index in [4.69, 9.17) is 0 Å². The lowest BCUT2D eigenvalue weighted by Crippen LogP contribution is -2.51. The fourth-order valence-electron chi connectivity index (χ4n) is 5.08. The molecule has 2 aliphatic rings. The van der Waals surface area contributed by atoms with Gasteiger partial charge in [0.25, 0.3) is 0 Å². The Balaban J connectivity index is 2.03. The second kappa shape index (κ2) is 5.50. The molecule has 24 heavy (non-hydrogen) atoms. The SMILES string of the molecule is CCC1=CC(C)CC2(C#N)c3[nH]c4ccccc4c3CCN(C)C12.